The molecular formula is C18H40O8. The summed E-state index contributed by atoms with van der Waals surface area (Å²) in [6.07, 6.45) is 0.744. The highest BCUT2D eigenvalue weighted by Gasteiger charge is 2.07. The lowest BCUT2D eigenvalue weighted by Gasteiger charge is -2.16. The minimum Gasteiger partial charge on any atom is -0.396 e. The van der Waals surface area contributed by atoms with Crippen LogP contribution in [0, 0.1) is 0 Å². The van der Waals surface area contributed by atoms with Crippen LogP contribution >= 0.6 is 0 Å². The molecule has 0 aromatic heterocycles. The molecule has 0 aliphatic rings. The van der Waals surface area contributed by atoms with Crippen molar-refractivity contribution in [1.82, 2.24) is 0 Å². The Morgan fingerprint density at radius 2 is 1.19 bits per heavy atom. The molecule has 8 nitrogen and oxygen atoms in total. The lowest BCUT2D eigenvalue weighted by molar-refractivity contribution is -0.0620. The van der Waals surface area contributed by atoms with Crippen LogP contribution in [0.5, 0.6) is 0 Å². The number of aliphatic hydroxyl groups is 4. The highest BCUT2D eigenvalue weighted by molar-refractivity contribution is 4.53. The highest BCUT2D eigenvalue weighted by atomic mass is 16.5. The summed E-state index contributed by atoms with van der Waals surface area (Å²) in [7, 11) is 0. The molecule has 4 atom stereocenters. The molecule has 0 aliphatic heterocycles. The van der Waals surface area contributed by atoms with Crippen LogP contribution in [0.15, 0.2) is 0 Å². The molecule has 0 amide bonds. The van der Waals surface area contributed by atoms with Gasteiger partial charge < -0.3 is 39.4 Å². The fraction of sp³-hybridized carbons (Fsp3) is 1.00. The first kappa shape index (κ1) is 27.9. The molecule has 0 aliphatic carbocycles. The van der Waals surface area contributed by atoms with E-state index in [2.05, 4.69) is 0 Å². The van der Waals surface area contributed by atoms with E-state index in [0.29, 0.717) is 45.9 Å². The summed E-state index contributed by atoms with van der Waals surface area (Å²) in [5.74, 6) is 0. The van der Waals surface area contributed by atoms with Gasteiger partial charge in [0.25, 0.3) is 0 Å². The van der Waals surface area contributed by atoms with Gasteiger partial charge in [-0.15, -0.1) is 0 Å². The Morgan fingerprint density at radius 3 is 1.73 bits per heavy atom. The van der Waals surface area contributed by atoms with Crippen molar-refractivity contribution in [2.45, 2.75) is 65.0 Å². The SMILES string of the molecule is CC(COCCCO)OCCCO.CC(O)COC(C)COC(C)CO. The maximum absolute atomic E-state index is 8.92. The van der Waals surface area contributed by atoms with Crippen LogP contribution in [0.25, 0.3) is 0 Å². The first-order valence-corrected chi connectivity index (χ1v) is 9.30. The molecule has 8 heteroatoms. The van der Waals surface area contributed by atoms with Crippen LogP contribution in [0.1, 0.15) is 40.5 Å². The van der Waals surface area contributed by atoms with E-state index in [0.717, 1.165) is 0 Å². The monoisotopic (exact) mass is 384 g/mol. The quantitative estimate of drug-likeness (QED) is 0.282. The first-order valence-electron chi connectivity index (χ1n) is 9.30. The van der Waals surface area contributed by atoms with E-state index in [4.69, 9.17) is 39.4 Å². The molecule has 0 saturated carbocycles. The van der Waals surface area contributed by atoms with Gasteiger partial charge in [0.05, 0.1) is 50.8 Å². The molecule has 0 aromatic rings. The van der Waals surface area contributed by atoms with Crippen LogP contribution in [-0.2, 0) is 18.9 Å². The zero-order chi connectivity index (χ0) is 20.2. The molecule has 0 rings (SSSR count). The maximum Gasteiger partial charge on any atom is 0.0781 e. The fourth-order valence-corrected chi connectivity index (χ4v) is 1.52. The summed E-state index contributed by atoms with van der Waals surface area (Å²) in [5.41, 5.74) is 0. The molecular weight excluding hydrogens is 344 g/mol. The van der Waals surface area contributed by atoms with Crippen molar-refractivity contribution in [1.29, 1.82) is 0 Å². The topological polar surface area (TPSA) is 118 Å². The van der Waals surface area contributed by atoms with Gasteiger partial charge in [-0.1, -0.05) is 0 Å². The summed E-state index contributed by atoms with van der Waals surface area (Å²) in [5, 5.41) is 34.5. The minimum atomic E-state index is -0.447. The molecule has 160 valence electrons. The van der Waals surface area contributed by atoms with Crippen molar-refractivity contribution < 1.29 is 39.4 Å². The van der Waals surface area contributed by atoms with E-state index < -0.39 is 6.10 Å². The lowest BCUT2D eigenvalue weighted by Crippen LogP contribution is -2.24. The third kappa shape index (κ3) is 23.7. The molecule has 0 bridgehead atoms. The maximum atomic E-state index is 8.92. The van der Waals surface area contributed by atoms with Crippen LogP contribution in [-0.4, -0.2) is 97.7 Å². The van der Waals surface area contributed by atoms with Gasteiger partial charge in [-0.05, 0) is 40.5 Å². The fourth-order valence-electron chi connectivity index (χ4n) is 1.52. The average Bonchev–Trinajstić information content (AvgIpc) is 2.62. The first-order chi connectivity index (χ1) is 12.4. The van der Waals surface area contributed by atoms with Gasteiger partial charge in [-0.3, -0.25) is 0 Å². The number of hydrogen-bond acceptors (Lipinski definition) is 8. The minimum absolute atomic E-state index is 0.0170. The van der Waals surface area contributed by atoms with Crippen molar-refractivity contribution in [3.8, 4) is 0 Å². The van der Waals surface area contributed by atoms with Crippen LogP contribution < -0.4 is 0 Å². The van der Waals surface area contributed by atoms with E-state index in [1.165, 1.54) is 0 Å². The summed E-state index contributed by atoms with van der Waals surface area (Å²) < 4.78 is 21.0. The Morgan fingerprint density at radius 1 is 0.654 bits per heavy atom. The number of aliphatic hydroxyl groups excluding tert-OH is 4. The van der Waals surface area contributed by atoms with E-state index in [1.54, 1.807) is 13.8 Å². The van der Waals surface area contributed by atoms with Gasteiger partial charge in [-0.25, -0.2) is 0 Å². The van der Waals surface area contributed by atoms with Gasteiger partial charge in [0.2, 0.25) is 0 Å². The van der Waals surface area contributed by atoms with E-state index in [-0.39, 0.29) is 38.1 Å². The van der Waals surface area contributed by atoms with Crippen LogP contribution in [0.3, 0.4) is 0 Å². The molecule has 0 radical (unpaired) electrons. The van der Waals surface area contributed by atoms with E-state index in [9.17, 15) is 0 Å². The lowest BCUT2D eigenvalue weighted by atomic mass is 10.4. The Kier molecular flexibility index (Phi) is 22.5. The smallest absolute Gasteiger partial charge is 0.0781 e. The number of hydrogen-bond donors (Lipinski definition) is 4. The van der Waals surface area contributed by atoms with Crippen molar-refractivity contribution in [2.24, 2.45) is 0 Å². The Hall–Kier alpha value is -0.320. The van der Waals surface area contributed by atoms with Gasteiger partial charge >= 0.3 is 0 Å². The normalized spacial score (nSPS) is 15.7. The molecule has 0 spiro atoms. The number of ether oxygens (including phenoxy) is 4. The molecule has 0 saturated heterocycles. The Bertz CT molecular complexity index is 266. The second kappa shape index (κ2) is 21.0. The predicted molar refractivity (Wildman–Crippen MR) is 99.2 cm³/mol. The molecule has 0 aromatic carbocycles. The van der Waals surface area contributed by atoms with E-state index >= 15 is 0 Å². The van der Waals surface area contributed by atoms with Crippen LogP contribution in [0.4, 0.5) is 0 Å². The van der Waals surface area contributed by atoms with Crippen molar-refractivity contribution in [3.63, 3.8) is 0 Å². The van der Waals surface area contributed by atoms with Gasteiger partial charge in [-0.2, -0.15) is 0 Å². The standard InChI is InChI=1S/2C9H20O4/c1-7(11)5-12-9(3)6-13-8(2)4-10;1-9(13-7-3-5-11)8-12-6-2-4-10/h7-11H,4-6H2,1-3H3;9-11H,2-8H2,1H3. The van der Waals surface area contributed by atoms with Gasteiger partial charge in [0.1, 0.15) is 0 Å². The van der Waals surface area contributed by atoms with Gasteiger partial charge in [0.15, 0.2) is 0 Å². The van der Waals surface area contributed by atoms with Crippen molar-refractivity contribution >= 4 is 0 Å². The predicted octanol–water partition coefficient (Wildman–Crippen LogP) is 0.343. The van der Waals surface area contributed by atoms with Crippen molar-refractivity contribution in [3.05, 3.63) is 0 Å². The largest absolute Gasteiger partial charge is 0.396 e. The third-order valence-electron chi connectivity index (χ3n) is 3.00. The summed E-state index contributed by atoms with van der Waals surface area (Å²) >= 11 is 0. The van der Waals surface area contributed by atoms with Crippen molar-refractivity contribution in [2.75, 3.05) is 52.9 Å². The third-order valence-corrected chi connectivity index (χ3v) is 3.00. The molecule has 26 heavy (non-hydrogen) atoms. The average molecular weight is 385 g/mol. The zero-order valence-electron chi connectivity index (χ0n) is 16.8. The molecule has 0 fully saturated rings. The van der Waals surface area contributed by atoms with Gasteiger partial charge in [0, 0.05) is 26.4 Å². The second-order valence-corrected chi connectivity index (χ2v) is 6.23. The zero-order valence-corrected chi connectivity index (χ0v) is 16.8. The number of rotatable bonds is 16. The summed E-state index contributed by atoms with van der Waals surface area (Å²) in [4.78, 5) is 0. The Labute approximate surface area is 158 Å². The molecule has 0 heterocycles. The van der Waals surface area contributed by atoms with Crippen LogP contribution in [0.2, 0.25) is 0 Å². The summed E-state index contributed by atoms with van der Waals surface area (Å²) in [6, 6.07) is 0. The molecule has 4 unspecified atom stereocenters. The molecule has 4 N–H and O–H groups in total. The van der Waals surface area contributed by atoms with E-state index in [1.807, 2.05) is 13.8 Å². The second-order valence-electron chi connectivity index (χ2n) is 6.23. The Balaban J connectivity index is 0. The summed E-state index contributed by atoms with van der Waals surface area (Å²) in [6.45, 7) is 10.1. The highest BCUT2D eigenvalue weighted by Crippen LogP contribution is 1.97.